The first-order chi connectivity index (χ1) is 14.7. The highest BCUT2D eigenvalue weighted by molar-refractivity contribution is 5.84. The average Bonchev–Trinajstić information content (AvgIpc) is 3.58. The molecule has 162 valence electrons. The molecular weight excluding hydrogens is 384 g/mol. The first kappa shape index (κ1) is 20.8. The Kier molecular flexibility index (Phi) is 6.64. The summed E-state index contributed by atoms with van der Waals surface area (Å²) in [6.45, 7) is 3.29. The van der Waals surface area contributed by atoms with Gasteiger partial charge in [0.2, 0.25) is 0 Å². The standard InChI is InChI=1S/C22H30N4O4/c1-29-20(27)6-2-3-11-25-14-16(18-5-4-9-24-21(18)25)15-26(17-7-8-17)22(28)19-13-23-10-12-30-19/h4-5,9,14,17,19,23H,2-3,6-8,10-13,15H2,1H3. The van der Waals surface area contributed by atoms with Gasteiger partial charge in [-0.25, -0.2) is 4.98 Å². The van der Waals surface area contributed by atoms with E-state index in [1.807, 2.05) is 11.0 Å². The smallest absolute Gasteiger partial charge is 0.305 e. The number of unbranched alkanes of at least 4 members (excludes halogenated alkanes) is 1. The molecule has 2 fully saturated rings. The van der Waals surface area contributed by atoms with E-state index in [9.17, 15) is 9.59 Å². The maximum Gasteiger partial charge on any atom is 0.305 e. The predicted octanol–water partition coefficient (Wildman–Crippen LogP) is 1.86. The maximum absolute atomic E-state index is 13.1. The van der Waals surface area contributed by atoms with Gasteiger partial charge in [0, 0.05) is 56.4 Å². The number of hydrogen-bond acceptors (Lipinski definition) is 6. The highest BCUT2D eigenvalue weighted by Crippen LogP contribution is 2.31. The van der Waals surface area contributed by atoms with E-state index in [2.05, 4.69) is 27.1 Å². The van der Waals surface area contributed by atoms with Gasteiger partial charge >= 0.3 is 5.97 Å². The third-order valence-electron chi connectivity index (χ3n) is 5.79. The highest BCUT2D eigenvalue weighted by Gasteiger charge is 2.37. The van der Waals surface area contributed by atoms with Crippen molar-refractivity contribution in [1.29, 1.82) is 0 Å². The van der Waals surface area contributed by atoms with E-state index in [-0.39, 0.29) is 11.9 Å². The van der Waals surface area contributed by atoms with Crippen LogP contribution in [0.15, 0.2) is 24.5 Å². The number of nitrogens with zero attached hydrogens (tertiary/aromatic N) is 3. The number of pyridine rings is 1. The molecule has 1 aliphatic heterocycles. The Bertz CT molecular complexity index is 886. The molecule has 1 amide bonds. The van der Waals surface area contributed by atoms with Gasteiger partial charge in [0.15, 0.2) is 0 Å². The number of esters is 1. The Hall–Kier alpha value is -2.45. The molecule has 2 aliphatic rings. The minimum absolute atomic E-state index is 0.0765. The molecule has 1 saturated heterocycles. The number of morpholine rings is 1. The van der Waals surface area contributed by atoms with Gasteiger partial charge in [-0.3, -0.25) is 9.59 Å². The van der Waals surface area contributed by atoms with Crippen LogP contribution in [0.25, 0.3) is 11.0 Å². The van der Waals surface area contributed by atoms with E-state index in [4.69, 9.17) is 9.47 Å². The van der Waals surface area contributed by atoms with Crippen molar-refractivity contribution in [2.24, 2.45) is 0 Å². The Balaban J connectivity index is 1.48. The van der Waals surface area contributed by atoms with Gasteiger partial charge in [0.25, 0.3) is 5.91 Å². The van der Waals surface area contributed by atoms with Crippen molar-refractivity contribution in [3.63, 3.8) is 0 Å². The number of nitrogens with one attached hydrogen (secondary N) is 1. The zero-order valence-corrected chi connectivity index (χ0v) is 17.5. The number of aryl methyl sites for hydroxylation is 1. The molecule has 3 heterocycles. The Morgan fingerprint density at radius 1 is 1.37 bits per heavy atom. The second-order valence-electron chi connectivity index (χ2n) is 8.02. The quantitative estimate of drug-likeness (QED) is 0.498. The molecule has 1 N–H and O–H groups in total. The van der Waals surface area contributed by atoms with Crippen LogP contribution in [0, 0.1) is 0 Å². The largest absolute Gasteiger partial charge is 0.469 e. The van der Waals surface area contributed by atoms with Crippen LogP contribution in [0.4, 0.5) is 0 Å². The summed E-state index contributed by atoms with van der Waals surface area (Å²) in [4.78, 5) is 31.0. The van der Waals surface area contributed by atoms with Crippen LogP contribution in [0.1, 0.15) is 37.7 Å². The maximum atomic E-state index is 13.1. The van der Waals surface area contributed by atoms with Crippen LogP contribution in [0.2, 0.25) is 0 Å². The molecule has 1 atom stereocenters. The summed E-state index contributed by atoms with van der Waals surface area (Å²) >= 11 is 0. The summed E-state index contributed by atoms with van der Waals surface area (Å²) in [5.74, 6) is -0.100. The Morgan fingerprint density at radius 3 is 2.97 bits per heavy atom. The van der Waals surface area contributed by atoms with E-state index in [0.717, 1.165) is 55.4 Å². The fraction of sp³-hybridized carbons (Fsp3) is 0.591. The molecule has 0 spiro atoms. The fourth-order valence-electron chi connectivity index (χ4n) is 4.01. The minimum Gasteiger partial charge on any atom is -0.469 e. The number of hydrogen-bond donors (Lipinski definition) is 1. The van der Waals surface area contributed by atoms with Crippen molar-refractivity contribution in [2.45, 2.75) is 57.3 Å². The summed E-state index contributed by atoms with van der Waals surface area (Å²) in [6, 6.07) is 4.31. The van der Waals surface area contributed by atoms with Crippen LogP contribution in [-0.4, -0.2) is 65.3 Å². The number of methoxy groups -OCH3 is 1. The van der Waals surface area contributed by atoms with Crippen molar-refractivity contribution >= 4 is 22.9 Å². The molecule has 8 nitrogen and oxygen atoms in total. The molecule has 0 radical (unpaired) electrons. The van der Waals surface area contributed by atoms with E-state index in [1.165, 1.54) is 7.11 Å². The number of aromatic nitrogens is 2. The molecule has 1 aliphatic carbocycles. The van der Waals surface area contributed by atoms with E-state index in [1.54, 1.807) is 6.20 Å². The van der Waals surface area contributed by atoms with Crippen LogP contribution in [0.5, 0.6) is 0 Å². The summed E-state index contributed by atoms with van der Waals surface area (Å²) in [7, 11) is 1.42. The van der Waals surface area contributed by atoms with E-state index >= 15 is 0 Å². The number of ether oxygens (including phenoxy) is 2. The monoisotopic (exact) mass is 414 g/mol. The second-order valence-corrected chi connectivity index (χ2v) is 8.02. The van der Waals surface area contributed by atoms with Gasteiger partial charge in [0.05, 0.1) is 13.7 Å². The van der Waals surface area contributed by atoms with E-state index in [0.29, 0.717) is 32.2 Å². The van der Waals surface area contributed by atoms with Gasteiger partial charge in [-0.05, 0) is 43.4 Å². The second kappa shape index (κ2) is 9.57. The molecule has 2 aromatic rings. The third-order valence-corrected chi connectivity index (χ3v) is 5.79. The lowest BCUT2D eigenvalue weighted by molar-refractivity contribution is -0.146. The predicted molar refractivity (Wildman–Crippen MR) is 112 cm³/mol. The molecule has 30 heavy (non-hydrogen) atoms. The lowest BCUT2D eigenvalue weighted by Gasteiger charge is -2.30. The average molecular weight is 415 g/mol. The summed E-state index contributed by atoms with van der Waals surface area (Å²) in [6.07, 6.45) is 7.67. The van der Waals surface area contributed by atoms with Crippen molar-refractivity contribution < 1.29 is 19.1 Å². The number of carbonyl (C=O) groups is 2. The number of rotatable bonds is 9. The molecule has 1 unspecified atom stereocenters. The normalized spacial score (nSPS) is 19.0. The van der Waals surface area contributed by atoms with Gasteiger partial charge < -0.3 is 24.3 Å². The molecule has 0 aromatic carbocycles. The SMILES string of the molecule is COC(=O)CCCCn1cc(CN(C(=O)C2CNCCO2)C2CC2)c2cccnc21. The summed E-state index contributed by atoms with van der Waals surface area (Å²) in [5.41, 5.74) is 2.03. The van der Waals surface area contributed by atoms with Gasteiger partial charge in [-0.15, -0.1) is 0 Å². The lowest BCUT2D eigenvalue weighted by Crippen LogP contribution is -2.49. The zero-order chi connectivity index (χ0) is 20.9. The van der Waals surface area contributed by atoms with Gasteiger partial charge in [-0.1, -0.05) is 0 Å². The van der Waals surface area contributed by atoms with Crippen LogP contribution < -0.4 is 5.32 Å². The van der Waals surface area contributed by atoms with Gasteiger partial charge in [-0.2, -0.15) is 0 Å². The first-order valence-corrected chi connectivity index (χ1v) is 10.8. The highest BCUT2D eigenvalue weighted by atomic mass is 16.5. The fourth-order valence-corrected chi connectivity index (χ4v) is 4.01. The summed E-state index contributed by atoms with van der Waals surface area (Å²) in [5, 5.41) is 4.32. The molecule has 0 bridgehead atoms. The lowest BCUT2D eigenvalue weighted by atomic mass is 10.2. The molecule has 8 heteroatoms. The molecule has 1 saturated carbocycles. The van der Waals surface area contributed by atoms with Crippen LogP contribution in [0.3, 0.4) is 0 Å². The van der Waals surface area contributed by atoms with Crippen LogP contribution >= 0.6 is 0 Å². The van der Waals surface area contributed by atoms with Crippen molar-refractivity contribution in [1.82, 2.24) is 19.8 Å². The topological polar surface area (TPSA) is 85.7 Å². The summed E-state index contributed by atoms with van der Waals surface area (Å²) < 4.78 is 12.6. The van der Waals surface area contributed by atoms with Crippen molar-refractivity contribution in [2.75, 3.05) is 26.8 Å². The first-order valence-electron chi connectivity index (χ1n) is 10.8. The molecular formula is C22H30N4O4. The molecule has 2 aromatic heterocycles. The number of carbonyl (C=O) groups excluding carboxylic acids is 2. The van der Waals surface area contributed by atoms with E-state index < -0.39 is 6.10 Å². The number of fused-ring (bicyclic) bond motifs is 1. The Labute approximate surface area is 176 Å². The zero-order valence-electron chi connectivity index (χ0n) is 17.5. The van der Waals surface area contributed by atoms with Crippen molar-refractivity contribution in [3.05, 3.63) is 30.1 Å². The minimum atomic E-state index is -0.399. The number of amides is 1. The Morgan fingerprint density at radius 2 is 2.23 bits per heavy atom. The molecule has 4 rings (SSSR count). The van der Waals surface area contributed by atoms with Crippen molar-refractivity contribution in [3.8, 4) is 0 Å². The van der Waals surface area contributed by atoms with Gasteiger partial charge in [0.1, 0.15) is 11.8 Å². The third kappa shape index (κ3) is 4.82. The van der Waals surface area contributed by atoms with Crippen LogP contribution in [-0.2, 0) is 32.2 Å².